The van der Waals surface area contributed by atoms with Crippen LogP contribution in [0.4, 0.5) is 0 Å². The molecule has 0 radical (unpaired) electrons. The quantitative estimate of drug-likeness (QED) is 0.727. The van der Waals surface area contributed by atoms with Crippen LogP contribution in [0.15, 0.2) is 41.0 Å². The number of carbonyl (C=O) groups excluding carboxylic acids is 1. The smallest absolute Gasteiger partial charge is 0.263 e. The molecule has 3 rings (SSSR count). The lowest BCUT2D eigenvalue weighted by Crippen LogP contribution is -2.34. The fourth-order valence-electron chi connectivity index (χ4n) is 2.61. The van der Waals surface area contributed by atoms with Gasteiger partial charge in [0.25, 0.3) is 5.91 Å². The molecular weight excluding hydrogens is 344 g/mol. The Morgan fingerprint density at radius 1 is 1.38 bits per heavy atom. The van der Waals surface area contributed by atoms with Crippen molar-refractivity contribution in [2.24, 2.45) is 0 Å². The second kappa shape index (κ2) is 6.97. The van der Waals surface area contributed by atoms with Gasteiger partial charge in [0.15, 0.2) is 0 Å². The highest BCUT2D eigenvalue weighted by Gasteiger charge is 2.21. The number of likely N-dealkylation sites (N-methyl/N-ethyl adjacent to an activating group) is 1. The van der Waals surface area contributed by atoms with Crippen molar-refractivity contribution in [1.82, 2.24) is 10.2 Å². The van der Waals surface area contributed by atoms with E-state index >= 15 is 0 Å². The minimum absolute atomic E-state index is 0.0284. The fraction of sp³-hybridized carbons (Fsp3) is 0.278. The Morgan fingerprint density at radius 2 is 2.17 bits per heavy atom. The van der Waals surface area contributed by atoms with Crippen molar-refractivity contribution >= 4 is 38.9 Å². The number of rotatable bonds is 5. The monoisotopic (exact) mass is 362 g/mol. The predicted molar refractivity (Wildman–Crippen MR) is 99.0 cm³/mol. The molecule has 3 aromatic rings. The Labute approximate surface area is 150 Å². The molecule has 1 aromatic carbocycles. The molecular formula is C18H19ClN2O2S. The zero-order valence-electron chi connectivity index (χ0n) is 13.8. The lowest BCUT2D eigenvalue weighted by atomic mass is 10.2. The summed E-state index contributed by atoms with van der Waals surface area (Å²) in [5, 5.41) is 4.41. The first-order valence-corrected chi connectivity index (χ1v) is 8.83. The maximum absolute atomic E-state index is 12.6. The van der Waals surface area contributed by atoms with Gasteiger partial charge < -0.3 is 9.73 Å². The summed E-state index contributed by atoms with van der Waals surface area (Å²) in [5.74, 6) is 0.663. The summed E-state index contributed by atoms with van der Waals surface area (Å²) in [6.07, 6.45) is 1.64. The highest BCUT2D eigenvalue weighted by Crippen LogP contribution is 2.35. The van der Waals surface area contributed by atoms with Crippen molar-refractivity contribution in [3.8, 4) is 0 Å². The molecule has 126 valence electrons. The molecule has 1 atom stereocenters. The molecule has 0 aliphatic rings. The number of furan rings is 1. The Kier molecular flexibility index (Phi) is 4.94. The standard InChI is InChI=1S/C18H19ClN2O2S/c1-11-6-7-12-15(9-11)24-17(16(12)19)18(22)20-10-13(21(2)3)14-5-4-8-23-14/h4-9,13H,10H2,1-3H3,(H,20,22). The van der Waals surface area contributed by atoms with Gasteiger partial charge in [-0.25, -0.2) is 0 Å². The summed E-state index contributed by atoms with van der Waals surface area (Å²) in [4.78, 5) is 15.1. The third kappa shape index (κ3) is 3.34. The van der Waals surface area contributed by atoms with Gasteiger partial charge in [0.1, 0.15) is 10.6 Å². The van der Waals surface area contributed by atoms with E-state index in [1.807, 2.05) is 56.3 Å². The largest absolute Gasteiger partial charge is 0.468 e. The van der Waals surface area contributed by atoms with E-state index in [0.29, 0.717) is 16.4 Å². The Bertz CT molecular complexity index is 855. The van der Waals surface area contributed by atoms with Crippen LogP contribution in [0.5, 0.6) is 0 Å². The number of nitrogens with zero attached hydrogens (tertiary/aromatic N) is 1. The second-order valence-electron chi connectivity index (χ2n) is 5.95. The number of carbonyl (C=O) groups is 1. The number of halogens is 1. The SMILES string of the molecule is Cc1ccc2c(Cl)c(C(=O)NCC(c3ccco3)N(C)C)sc2c1. The van der Waals surface area contributed by atoms with Crippen LogP contribution in [0.25, 0.3) is 10.1 Å². The number of hydrogen-bond acceptors (Lipinski definition) is 4. The first-order chi connectivity index (χ1) is 11.5. The first-order valence-electron chi connectivity index (χ1n) is 7.64. The molecule has 2 aromatic heterocycles. The summed E-state index contributed by atoms with van der Waals surface area (Å²) < 4.78 is 6.49. The van der Waals surface area contributed by atoms with Crippen LogP contribution in [0.2, 0.25) is 5.02 Å². The second-order valence-corrected chi connectivity index (χ2v) is 7.38. The minimum Gasteiger partial charge on any atom is -0.468 e. The van der Waals surface area contributed by atoms with Crippen molar-refractivity contribution in [2.75, 3.05) is 20.6 Å². The average molecular weight is 363 g/mol. The van der Waals surface area contributed by atoms with Gasteiger partial charge in [0.05, 0.1) is 17.3 Å². The van der Waals surface area contributed by atoms with E-state index in [9.17, 15) is 4.79 Å². The van der Waals surface area contributed by atoms with Crippen LogP contribution in [-0.4, -0.2) is 31.4 Å². The maximum atomic E-state index is 12.6. The van der Waals surface area contributed by atoms with Crippen LogP contribution >= 0.6 is 22.9 Å². The third-order valence-electron chi connectivity index (χ3n) is 3.94. The summed E-state index contributed by atoms with van der Waals surface area (Å²) in [6.45, 7) is 2.47. The van der Waals surface area contributed by atoms with Crippen LogP contribution in [0.1, 0.15) is 27.0 Å². The van der Waals surface area contributed by atoms with Gasteiger partial charge in [-0.15, -0.1) is 11.3 Å². The topological polar surface area (TPSA) is 45.5 Å². The van der Waals surface area contributed by atoms with Gasteiger partial charge in [-0.2, -0.15) is 0 Å². The number of nitrogens with one attached hydrogen (secondary N) is 1. The van der Waals surface area contributed by atoms with Crippen LogP contribution in [-0.2, 0) is 0 Å². The minimum atomic E-state index is -0.155. The summed E-state index contributed by atoms with van der Waals surface area (Å²) in [7, 11) is 3.91. The third-order valence-corrected chi connectivity index (χ3v) is 5.60. The number of benzene rings is 1. The van der Waals surface area contributed by atoms with E-state index in [1.165, 1.54) is 11.3 Å². The number of aryl methyl sites for hydroxylation is 1. The highest BCUT2D eigenvalue weighted by atomic mass is 35.5. The molecule has 6 heteroatoms. The molecule has 4 nitrogen and oxygen atoms in total. The van der Waals surface area contributed by atoms with E-state index in [1.54, 1.807) is 6.26 Å². The first kappa shape index (κ1) is 17.0. The van der Waals surface area contributed by atoms with E-state index in [4.69, 9.17) is 16.0 Å². The number of thiophene rings is 1. The van der Waals surface area contributed by atoms with E-state index in [0.717, 1.165) is 21.4 Å². The van der Waals surface area contributed by atoms with Crippen molar-refractivity contribution in [3.63, 3.8) is 0 Å². The van der Waals surface area contributed by atoms with Gasteiger partial charge in [-0.05, 0) is 44.8 Å². The molecule has 0 spiro atoms. The van der Waals surface area contributed by atoms with Crippen molar-refractivity contribution in [1.29, 1.82) is 0 Å². The zero-order chi connectivity index (χ0) is 17.3. The van der Waals surface area contributed by atoms with Gasteiger partial charge in [-0.3, -0.25) is 9.69 Å². The van der Waals surface area contributed by atoms with Gasteiger partial charge >= 0.3 is 0 Å². The Hall–Kier alpha value is -1.82. The van der Waals surface area contributed by atoms with Crippen molar-refractivity contribution in [2.45, 2.75) is 13.0 Å². The van der Waals surface area contributed by atoms with Gasteiger partial charge in [0.2, 0.25) is 0 Å². The van der Waals surface area contributed by atoms with Crippen molar-refractivity contribution < 1.29 is 9.21 Å². The van der Waals surface area contributed by atoms with Crippen LogP contribution in [0, 0.1) is 6.92 Å². The average Bonchev–Trinajstić information content (AvgIpc) is 3.15. The molecule has 0 saturated carbocycles. The summed E-state index contributed by atoms with van der Waals surface area (Å²) in [5.41, 5.74) is 1.15. The fourth-order valence-corrected chi connectivity index (χ4v) is 4.14. The van der Waals surface area contributed by atoms with Crippen molar-refractivity contribution in [3.05, 3.63) is 57.8 Å². The molecule has 1 unspecified atom stereocenters. The van der Waals surface area contributed by atoms with E-state index < -0.39 is 0 Å². The number of fused-ring (bicyclic) bond motifs is 1. The van der Waals surface area contributed by atoms with Gasteiger partial charge in [-0.1, -0.05) is 23.7 Å². The Morgan fingerprint density at radius 3 is 2.83 bits per heavy atom. The van der Waals surface area contributed by atoms with E-state index in [2.05, 4.69) is 5.32 Å². The maximum Gasteiger partial charge on any atom is 0.263 e. The lowest BCUT2D eigenvalue weighted by molar-refractivity contribution is 0.0943. The van der Waals surface area contributed by atoms with Crippen LogP contribution in [0.3, 0.4) is 0 Å². The van der Waals surface area contributed by atoms with Crippen LogP contribution < -0.4 is 5.32 Å². The molecule has 0 aliphatic heterocycles. The molecule has 1 N–H and O–H groups in total. The molecule has 0 bridgehead atoms. The molecule has 0 fully saturated rings. The predicted octanol–water partition coefficient (Wildman–Crippen LogP) is 4.49. The zero-order valence-corrected chi connectivity index (χ0v) is 15.4. The Balaban J connectivity index is 1.78. The summed E-state index contributed by atoms with van der Waals surface area (Å²) >= 11 is 7.83. The molecule has 2 heterocycles. The number of hydrogen-bond donors (Lipinski definition) is 1. The molecule has 24 heavy (non-hydrogen) atoms. The number of amides is 1. The molecule has 1 amide bonds. The normalized spacial score (nSPS) is 12.7. The lowest BCUT2D eigenvalue weighted by Gasteiger charge is -2.22. The van der Waals surface area contributed by atoms with Gasteiger partial charge in [0, 0.05) is 16.6 Å². The highest BCUT2D eigenvalue weighted by molar-refractivity contribution is 7.21. The molecule has 0 aliphatic carbocycles. The summed E-state index contributed by atoms with van der Waals surface area (Å²) in [6, 6.07) is 9.74. The van der Waals surface area contributed by atoms with E-state index in [-0.39, 0.29) is 11.9 Å². The molecule has 0 saturated heterocycles.